The van der Waals surface area contributed by atoms with Crippen molar-refractivity contribution in [1.82, 2.24) is 0 Å². The maximum Gasteiger partial charge on any atom is 2.00 e. The van der Waals surface area contributed by atoms with Crippen LogP contribution in [0.15, 0.2) is 54.1 Å². The molecule has 0 saturated heterocycles. The molecule has 0 spiro atoms. The van der Waals surface area contributed by atoms with Crippen molar-refractivity contribution in [3.63, 3.8) is 0 Å². The topological polar surface area (TPSA) is 6.48 Å². The van der Waals surface area contributed by atoms with E-state index in [4.69, 9.17) is 0 Å². The smallest absolute Gasteiger partial charge is 0.378 e. The molecule has 2 aromatic rings. The largest absolute Gasteiger partial charge is 2.00 e. The van der Waals surface area contributed by atoms with E-state index in [1.165, 1.54) is 45.5 Å². The second-order valence-electron chi connectivity index (χ2n) is 8.70. The molecule has 0 heterocycles. The van der Waals surface area contributed by atoms with Crippen LogP contribution in [-0.4, -0.2) is 28.2 Å². The van der Waals surface area contributed by atoms with Crippen LogP contribution in [0.1, 0.15) is 24.0 Å². The molecule has 0 aromatic heterocycles. The molecule has 10 radical (unpaired) electrons. The minimum Gasteiger partial charge on any atom is -0.378 e. The Kier molecular flexibility index (Phi) is 9.53. The fourth-order valence-corrected chi connectivity index (χ4v) is 4.21. The Balaban J connectivity index is 0.00000306. The minimum atomic E-state index is 0. The second kappa shape index (κ2) is 12.1. The molecule has 0 N–H and O–H groups in total. The van der Waals surface area contributed by atoms with Crippen LogP contribution in [-0.2, 0) is 17.1 Å². The van der Waals surface area contributed by atoms with Crippen molar-refractivity contribution in [1.29, 1.82) is 0 Å². The van der Waals surface area contributed by atoms with Crippen LogP contribution in [0.25, 0.3) is 5.57 Å². The summed E-state index contributed by atoms with van der Waals surface area (Å²) in [5, 5.41) is 0. The summed E-state index contributed by atoms with van der Waals surface area (Å²) in [5.41, 5.74) is 7.65. The SMILES string of the molecule is CN(C)c1ccc(C(=C(CC[C]2[CH][CH][CH][CH]2)[C]2[CH][CH][CH][CH]2)c2ccc(N(C)C)cc2)cc1.[Fe+2]. The van der Waals surface area contributed by atoms with Crippen molar-refractivity contribution < 1.29 is 17.1 Å². The molecule has 3 heteroatoms. The third kappa shape index (κ3) is 6.46. The maximum atomic E-state index is 2.26. The Labute approximate surface area is 212 Å². The fourth-order valence-electron chi connectivity index (χ4n) is 4.21. The van der Waals surface area contributed by atoms with Crippen molar-refractivity contribution >= 4 is 16.9 Å². The fraction of sp³-hybridized carbons (Fsp3) is 0.200. The Morgan fingerprint density at radius 2 is 1.03 bits per heavy atom. The summed E-state index contributed by atoms with van der Waals surface area (Å²) in [5.74, 6) is 2.69. The van der Waals surface area contributed by atoms with Crippen LogP contribution < -0.4 is 9.80 Å². The summed E-state index contributed by atoms with van der Waals surface area (Å²) in [4.78, 5) is 4.29. The van der Waals surface area contributed by atoms with E-state index in [9.17, 15) is 0 Å². The van der Waals surface area contributed by atoms with Gasteiger partial charge >= 0.3 is 17.1 Å². The zero-order chi connectivity index (χ0) is 22.5. The van der Waals surface area contributed by atoms with Crippen LogP contribution in [0.4, 0.5) is 11.4 Å². The molecule has 0 unspecified atom stereocenters. The number of hydrogen-bond acceptors (Lipinski definition) is 2. The van der Waals surface area contributed by atoms with E-state index in [0.29, 0.717) is 0 Å². The predicted molar refractivity (Wildman–Crippen MR) is 138 cm³/mol. The summed E-state index contributed by atoms with van der Waals surface area (Å²) in [7, 11) is 8.34. The van der Waals surface area contributed by atoms with Gasteiger partial charge in [0.25, 0.3) is 0 Å². The van der Waals surface area contributed by atoms with Gasteiger partial charge in [-0.15, -0.1) is 0 Å². The zero-order valence-corrected chi connectivity index (χ0v) is 21.0. The summed E-state index contributed by atoms with van der Waals surface area (Å²) < 4.78 is 0. The maximum absolute atomic E-state index is 2.26. The molecule has 4 rings (SSSR count). The average Bonchev–Trinajstić information content (AvgIpc) is 3.51. The Bertz CT molecular complexity index is 830. The van der Waals surface area contributed by atoms with E-state index < -0.39 is 0 Å². The molecule has 2 nitrogen and oxygen atoms in total. The summed E-state index contributed by atoms with van der Waals surface area (Å²) in [6, 6.07) is 17.9. The van der Waals surface area contributed by atoms with Crippen molar-refractivity contribution in [2.75, 3.05) is 38.0 Å². The van der Waals surface area contributed by atoms with Gasteiger partial charge in [0, 0.05) is 45.5 Å². The Morgan fingerprint density at radius 3 is 1.45 bits per heavy atom. The monoisotopic (exact) mass is 476 g/mol. The van der Waals surface area contributed by atoms with Crippen LogP contribution in [0, 0.1) is 63.2 Å². The van der Waals surface area contributed by atoms with Crippen molar-refractivity contribution in [2.45, 2.75) is 12.8 Å². The van der Waals surface area contributed by atoms with Gasteiger partial charge in [-0.25, -0.2) is 0 Å². The molecule has 0 bridgehead atoms. The van der Waals surface area contributed by atoms with E-state index in [0.717, 1.165) is 12.8 Å². The first-order valence-electron chi connectivity index (χ1n) is 11.2. The summed E-state index contributed by atoms with van der Waals surface area (Å²) >= 11 is 0. The van der Waals surface area contributed by atoms with Crippen molar-refractivity contribution in [2.24, 2.45) is 0 Å². The van der Waals surface area contributed by atoms with E-state index in [1.54, 1.807) is 0 Å². The van der Waals surface area contributed by atoms with Gasteiger partial charge in [-0.05, 0) is 111 Å². The van der Waals surface area contributed by atoms with Crippen LogP contribution in [0.2, 0.25) is 0 Å². The molecule has 2 aliphatic rings. The molecule has 33 heavy (non-hydrogen) atoms. The van der Waals surface area contributed by atoms with Crippen LogP contribution >= 0.6 is 0 Å². The first-order chi connectivity index (χ1) is 15.5. The number of anilines is 2. The van der Waals surface area contributed by atoms with E-state index in [1.807, 2.05) is 0 Å². The molecule has 2 fully saturated rings. The van der Waals surface area contributed by atoms with Gasteiger partial charge in [-0.1, -0.05) is 29.8 Å². The van der Waals surface area contributed by atoms with Crippen molar-refractivity contribution in [3.05, 3.63) is 128 Å². The summed E-state index contributed by atoms with van der Waals surface area (Å²) in [6.45, 7) is 0. The van der Waals surface area contributed by atoms with E-state index >= 15 is 0 Å². The van der Waals surface area contributed by atoms with Gasteiger partial charge in [0.1, 0.15) is 0 Å². The molecular formula is C30H32FeN2+2. The Morgan fingerprint density at radius 1 is 0.606 bits per heavy atom. The molecule has 0 atom stereocenters. The molecule has 168 valence electrons. The minimum absolute atomic E-state index is 0. The predicted octanol–water partition coefficient (Wildman–Crippen LogP) is 6.21. The third-order valence-electron chi connectivity index (χ3n) is 6.05. The molecule has 0 aliphatic heterocycles. The van der Waals surface area contributed by atoms with Gasteiger partial charge in [0.05, 0.1) is 0 Å². The molecular weight excluding hydrogens is 444 g/mol. The number of nitrogens with zero attached hydrogens (tertiary/aromatic N) is 2. The van der Waals surface area contributed by atoms with Gasteiger partial charge in [0.2, 0.25) is 0 Å². The van der Waals surface area contributed by atoms with Crippen LogP contribution in [0.3, 0.4) is 0 Å². The van der Waals surface area contributed by atoms with Gasteiger partial charge in [0.15, 0.2) is 0 Å². The summed E-state index contributed by atoms with van der Waals surface area (Å²) in [6.07, 6.45) is 19.5. The number of hydrogen-bond donors (Lipinski definition) is 0. The van der Waals surface area contributed by atoms with Gasteiger partial charge in [-0.2, -0.15) is 0 Å². The molecule has 2 aliphatic carbocycles. The van der Waals surface area contributed by atoms with E-state index in [-0.39, 0.29) is 17.1 Å². The van der Waals surface area contributed by atoms with Gasteiger partial charge in [-0.3, -0.25) is 0 Å². The van der Waals surface area contributed by atoms with E-state index in [2.05, 4.69) is 138 Å². The number of benzene rings is 2. The standard InChI is InChI=1S/C30H32N2.Fe/c1-31(2)27-18-14-25(15-19-27)30(26-16-20-28(21-17-26)32(3)4)29(24-11-7-8-12-24)22-13-23-9-5-6-10-23;/h5-12,14-21H,13,22H2,1-4H3;/q;+2. The average molecular weight is 476 g/mol. The van der Waals surface area contributed by atoms with Crippen molar-refractivity contribution in [3.8, 4) is 0 Å². The quantitative estimate of drug-likeness (QED) is 0.418. The normalized spacial score (nSPS) is 16.5. The molecule has 2 aromatic carbocycles. The first kappa shape index (κ1) is 25.9. The van der Waals surface area contributed by atoms with Gasteiger partial charge < -0.3 is 9.80 Å². The number of rotatable bonds is 8. The zero-order valence-electron chi connectivity index (χ0n) is 19.9. The second-order valence-corrected chi connectivity index (χ2v) is 8.70. The number of allylic oxidation sites excluding steroid dienone is 1. The van der Waals surface area contributed by atoms with Crippen LogP contribution in [0.5, 0.6) is 0 Å². The molecule has 0 amide bonds. The third-order valence-corrected chi connectivity index (χ3v) is 6.05. The first-order valence-corrected chi connectivity index (χ1v) is 11.2. The molecule has 2 saturated carbocycles. The Hall–Kier alpha value is -1.70.